The molecule has 2 atom stereocenters. The van der Waals surface area contributed by atoms with E-state index in [9.17, 15) is 5.11 Å². The van der Waals surface area contributed by atoms with Gasteiger partial charge in [-0.2, -0.15) is 5.10 Å². The molecule has 0 bridgehead atoms. The van der Waals surface area contributed by atoms with E-state index in [0.29, 0.717) is 12.5 Å². The molecule has 86 valence electrons. The Morgan fingerprint density at radius 1 is 1.53 bits per heavy atom. The van der Waals surface area contributed by atoms with E-state index in [-0.39, 0.29) is 5.92 Å². The van der Waals surface area contributed by atoms with Crippen LogP contribution in [0.4, 0.5) is 0 Å². The first-order valence-corrected chi connectivity index (χ1v) is 5.51. The molecule has 0 aliphatic heterocycles. The van der Waals surface area contributed by atoms with Gasteiger partial charge in [0.25, 0.3) is 0 Å². The van der Waals surface area contributed by atoms with Crippen molar-refractivity contribution in [1.82, 2.24) is 9.78 Å². The van der Waals surface area contributed by atoms with Crippen LogP contribution < -0.4 is 5.73 Å². The van der Waals surface area contributed by atoms with Gasteiger partial charge in [0, 0.05) is 18.7 Å². The lowest BCUT2D eigenvalue weighted by Gasteiger charge is -2.25. The summed E-state index contributed by atoms with van der Waals surface area (Å²) in [5.41, 5.74) is 6.55. The van der Waals surface area contributed by atoms with Crippen LogP contribution in [-0.2, 0) is 6.54 Å². The summed E-state index contributed by atoms with van der Waals surface area (Å²) in [7, 11) is 0. The average molecular weight is 211 g/mol. The minimum atomic E-state index is -0.516. The van der Waals surface area contributed by atoms with Crippen LogP contribution in [-0.4, -0.2) is 21.4 Å². The molecule has 2 unspecified atom stereocenters. The Morgan fingerprint density at radius 3 is 2.67 bits per heavy atom. The first-order valence-electron chi connectivity index (χ1n) is 5.51. The van der Waals surface area contributed by atoms with Gasteiger partial charge < -0.3 is 10.8 Å². The van der Waals surface area contributed by atoms with E-state index in [4.69, 9.17) is 5.73 Å². The summed E-state index contributed by atoms with van der Waals surface area (Å²) in [5, 5.41) is 14.4. The van der Waals surface area contributed by atoms with Crippen molar-refractivity contribution in [3.8, 4) is 0 Å². The summed E-state index contributed by atoms with van der Waals surface area (Å²) < 4.78 is 1.82. The van der Waals surface area contributed by atoms with Crippen LogP contribution in [0.3, 0.4) is 0 Å². The largest absolute Gasteiger partial charge is 0.386 e. The van der Waals surface area contributed by atoms with Crippen molar-refractivity contribution < 1.29 is 5.11 Å². The second kappa shape index (κ2) is 5.28. The molecule has 4 nitrogen and oxygen atoms in total. The number of aryl methyl sites for hydroxylation is 1. The average Bonchev–Trinajstić information content (AvgIpc) is 2.65. The minimum Gasteiger partial charge on any atom is -0.386 e. The molecule has 0 aromatic carbocycles. The van der Waals surface area contributed by atoms with E-state index in [0.717, 1.165) is 12.2 Å². The fourth-order valence-electron chi connectivity index (χ4n) is 1.84. The van der Waals surface area contributed by atoms with Crippen LogP contribution in [0.2, 0.25) is 0 Å². The van der Waals surface area contributed by atoms with E-state index in [1.165, 1.54) is 0 Å². The second-order valence-corrected chi connectivity index (χ2v) is 4.16. The van der Waals surface area contributed by atoms with Gasteiger partial charge in [0.05, 0.1) is 11.8 Å². The molecular weight excluding hydrogens is 190 g/mol. The number of hydrogen-bond donors (Lipinski definition) is 2. The van der Waals surface area contributed by atoms with Crippen LogP contribution in [0.25, 0.3) is 0 Å². The van der Waals surface area contributed by atoms with Crippen molar-refractivity contribution >= 4 is 0 Å². The van der Waals surface area contributed by atoms with Gasteiger partial charge in [0.15, 0.2) is 0 Å². The Kier molecular flexibility index (Phi) is 4.29. The molecular formula is C11H21N3O. The Balaban J connectivity index is 2.87. The normalized spacial score (nSPS) is 15.6. The lowest BCUT2D eigenvalue weighted by atomic mass is 9.89. The molecule has 0 radical (unpaired) electrons. The first-order chi connectivity index (χ1) is 7.11. The number of aliphatic hydroxyl groups is 1. The standard InChI is InChI=1S/C11H21N3O/c1-4-14-10(5-6-13-14)11(15)9(7-12)8(2)3/h5-6,8-9,11,15H,4,7,12H2,1-3H3. The fourth-order valence-corrected chi connectivity index (χ4v) is 1.84. The van der Waals surface area contributed by atoms with Gasteiger partial charge >= 0.3 is 0 Å². The molecule has 0 fully saturated rings. The molecule has 1 aromatic rings. The van der Waals surface area contributed by atoms with Crippen molar-refractivity contribution in [3.63, 3.8) is 0 Å². The van der Waals surface area contributed by atoms with Gasteiger partial charge in [-0.05, 0) is 25.5 Å². The second-order valence-electron chi connectivity index (χ2n) is 4.16. The maximum absolute atomic E-state index is 10.2. The zero-order valence-electron chi connectivity index (χ0n) is 9.72. The highest BCUT2D eigenvalue weighted by Crippen LogP contribution is 2.26. The summed E-state index contributed by atoms with van der Waals surface area (Å²) in [6.45, 7) is 7.43. The molecule has 1 rings (SSSR count). The van der Waals surface area contributed by atoms with Crippen LogP contribution in [0.1, 0.15) is 32.6 Å². The van der Waals surface area contributed by atoms with E-state index in [2.05, 4.69) is 18.9 Å². The number of nitrogens with two attached hydrogens (primary N) is 1. The highest BCUT2D eigenvalue weighted by molar-refractivity contribution is 5.06. The molecule has 0 aliphatic rings. The molecule has 15 heavy (non-hydrogen) atoms. The third kappa shape index (κ3) is 2.58. The number of hydrogen-bond acceptors (Lipinski definition) is 3. The van der Waals surface area contributed by atoms with Crippen LogP contribution in [0.5, 0.6) is 0 Å². The van der Waals surface area contributed by atoms with Crippen LogP contribution in [0.15, 0.2) is 12.3 Å². The Bertz CT molecular complexity index is 296. The maximum atomic E-state index is 10.2. The molecule has 0 spiro atoms. The van der Waals surface area contributed by atoms with Crippen molar-refractivity contribution in [3.05, 3.63) is 18.0 Å². The van der Waals surface area contributed by atoms with Crippen LogP contribution in [0, 0.1) is 11.8 Å². The molecule has 0 saturated carbocycles. The third-order valence-corrected chi connectivity index (χ3v) is 2.89. The van der Waals surface area contributed by atoms with Gasteiger partial charge in [0.1, 0.15) is 0 Å². The quantitative estimate of drug-likeness (QED) is 0.768. The summed E-state index contributed by atoms with van der Waals surface area (Å²) in [6.07, 6.45) is 1.20. The Morgan fingerprint density at radius 2 is 2.20 bits per heavy atom. The van der Waals surface area contributed by atoms with Crippen molar-refractivity contribution in [1.29, 1.82) is 0 Å². The van der Waals surface area contributed by atoms with E-state index >= 15 is 0 Å². The number of nitrogens with zero attached hydrogens (tertiary/aromatic N) is 2. The molecule has 0 amide bonds. The number of aliphatic hydroxyl groups excluding tert-OH is 1. The van der Waals surface area contributed by atoms with E-state index in [1.54, 1.807) is 6.20 Å². The molecule has 1 aromatic heterocycles. The maximum Gasteiger partial charge on any atom is 0.0999 e. The van der Waals surface area contributed by atoms with Gasteiger partial charge in [-0.25, -0.2) is 0 Å². The van der Waals surface area contributed by atoms with Crippen molar-refractivity contribution in [2.24, 2.45) is 17.6 Å². The summed E-state index contributed by atoms with van der Waals surface area (Å²) >= 11 is 0. The lowest BCUT2D eigenvalue weighted by molar-refractivity contribution is 0.0780. The first kappa shape index (κ1) is 12.2. The number of rotatable bonds is 5. The van der Waals surface area contributed by atoms with Gasteiger partial charge in [0.2, 0.25) is 0 Å². The van der Waals surface area contributed by atoms with Gasteiger partial charge in [-0.1, -0.05) is 13.8 Å². The zero-order chi connectivity index (χ0) is 11.4. The van der Waals surface area contributed by atoms with E-state index < -0.39 is 6.10 Å². The molecule has 1 heterocycles. The molecule has 0 aliphatic carbocycles. The van der Waals surface area contributed by atoms with E-state index in [1.807, 2.05) is 17.7 Å². The predicted molar refractivity (Wildman–Crippen MR) is 60.2 cm³/mol. The Hall–Kier alpha value is -0.870. The molecule has 0 saturated heterocycles. The fraction of sp³-hybridized carbons (Fsp3) is 0.727. The molecule has 4 heteroatoms. The summed E-state index contributed by atoms with van der Waals surface area (Å²) in [6, 6.07) is 1.86. The summed E-state index contributed by atoms with van der Waals surface area (Å²) in [5.74, 6) is 0.456. The topological polar surface area (TPSA) is 64.1 Å². The van der Waals surface area contributed by atoms with Gasteiger partial charge in [-0.15, -0.1) is 0 Å². The third-order valence-electron chi connectivity index (χ3n) is 2.89. The SMILES string of the molecule is CCn1nccc1C(O)C(CN)C(C)C. The summed E-state index contributed by atoms with van der Waals surface area (Å²) in [4.78, 5) is 0. The highest BCUT2D eigenvalue weighted by Gasteiger charge is 2.24. The Labute approximate surface area is 91.1 Å². The van der Waals surface area contributed by atoms with Crippen molar-refractivity contribution in [2.45, 2.75) is 33.4 Å². The van der Waals surface area contributed by atoms with Crippen LogP contribution >= 0.6 is 0 Å². The highest BCUT2D eigenvalue weighted by atomic mass is 16.3. The minimum absolute atomic E-state index is 0.0898. The number of aromatic nitrogens is 2. The zero-order valence-corrected chi connectivity index (χ0v) is 9.72. The monoisotopic (exact) mass is 211 g/mol. The lowest BCUT2D eigenvalue weighted by Crippen LogP contribution is -2.28. The smallest absolute Gasteiger partial charge is 0.0999 e. The van der Waals surface area contributed by atoms with Crippen molar-refractivity contribution in [2.75, 3.05) is 6.54 Å². The molecule has 3 N–H and O–H groups in total. The predicted octanol–water partition coefficient (Wildman–Crippen LogP) is 1.17. The van der Waals surface area contributed by atoms with Gasteiger partial charge in [-0.3, -0.25) is 4.68 Å².